The van der Waals surface area contributed by atoms with E-state index in [0.29, 0.717) is 34.9 Å². The second-order valence-corrected chi connectivity index (χ2v) is 11.4. The highest BCUT2D eigenvalue weighted by Crippen LogP contribution is 2.32. The van der Waals surface area contributed by atoms with E-state index in [-0.39, 0.29) is 4.90 Å². The summed E-state index contributed by atoms with van der Waals surface area (Å²) in [5.74, 6) is -0.394. The maximum atomic E-state index is 13.5. The predicted octanol–water partition coefficient (Wildman–Crippen LogP) is 4.91. The van der Waals surface area contributed by atoms with Crippen LogP contribution in [0.15, 0.2) is 76.1 Å². The lowest BCUT2D eigenvalue weighted by Gasteiger charge is -2.23. The average molecular weight is 543 g/mol. The van der Waals surface area contributed by atoms with Crippen LogP contribution in [0.5, 0.6) is 0 Å². The average Bonchev–Trinajstić information content (AvgIpc) is 3.49. The number of carbonyl (C=O) groups is 1. The molecule has 0 aliphatic carbocycles. The Bertz CT molecular complexity index is 1430. The molecule has 168 valence electrons. The normalized spacial score (nSPS) is 16.8. The zero-order chi connectivity index (χ0) is 23.0. The third-order valence-electron chi connectivity index (χ3n) is 5.59. The Kier molecular flexibility index (Phi) is 6.00. The van der Waals surface area contributed by atoms with Crippen molar-refractivity contribution < 1.29 is 13.2 Å². The molecule has 0 radical (unpaired) electrons. The number of hydrogen-bond donors (Lipinski definition) is 1. The number of nitrogens with zero attached hydrogens (tertiary/aromatic N) is 3. The van der Waals surface area contributed by atoms with Crippen molar-refractivity contribution in [3.05, 3.63) is 71.2 Å². The van der Waals surface area contributed by atoms with Gasteiger partial charge >= 0.3 is 0 Å². The Hall–Kier alpha value is -2.66. The number of rotatable bonds is 5. The van der Waals surface area contributed by atoms with Gasteiger partial charge in [-0.2, -0.15) is 4.31 Å². The minimum atomic E-state index is -3.86. The number of hydrogen-bond acceptors (Lipinski definition) is 6. The number of aromatic nitrogens is 2. The van der Waals surface area contributed by atoms with Crippen molar-refractivity contribution in [2.75, 3.05) is 11.9 Å². The van der Waals surface area contributed by atoms with Gasteiger partial charge in [-0.25, -0.2) is 8.42 Å². The van der Waals surface area contributed by atoms with Crippen molar-refractivity contribution in [1.29, 1.82) is 0 Å². The second kappa shape index (κ2) is 8.94. The summed E-state index contributed by atoms with van der Waals surface area (Å²) < 4.78 is 29.4. The van der Waals surface area contributed by atoms with Gasteiger partial charge in [0.15, 0.2) is 0 Å². The highest BCUT2D eigenvalue weighted by Gasteiger charge is 2.40. The third-order valence-corrected chi connectivity index (χ3v) is 8.97. The Morgan fingerprint density at radius 2 is 1.79 bits per heavy atom. The van der Waals surface area contributed by atoms with Crippen LogP contribution in [0.2, 0.25) is 0 Å². The molecule has 1 unspecified atom stereocenters. The first-order chi connectivity index (χ1) is 15.9. The van der Waals surface area contributed by atoms with E-state index in [1.807, 2.05) is 48.5 Å². The minimum Gasteiger partial charge on any atom is -0.299 e. The molecule has 1 fully saturated rings. The van der Waals surface area contributed by atoms with Gasteiger partial charge in [-0.3, -0.25) is 10.1 Å². The molecule has 0 saturated carbocycles. The highest BCUT2D eigenvalue weighted by molar-refractivity contribution is 9.10. The second-order valence-electron chi connectivity index (χ2n) is 7.66. The van der Waals surface area contributed by atoms with Gasteiger partial charge in [-0.15, -0.1) is 10.2 Å². The van der Waals surface area contributed by atoms with Crippen molar-refractivity contribution in [3.63, 3.8) is 0 Å². The molecule has 1 aliphatic rings. The molecule has 1 saturated heterocycles. The van der Waals surface area contributed by atoms with Gasteiger partial charge in [0.1, 0.15) is 11.0 Å². The Balaban J connectivity index is 1.38. The highest BCUT2D eigenvalue weighted by atomic mass is 79.9. The fourth-order valence-corrected chi connectivity index (χ4v) is 6.90. The lowest BCUT2D eigenvalue weighted by molar-refractivity contribution is -0.119. The summed E-state index contributed by atoms with van der Waals surface area (Å²) in [5.41, 5.74) is 0.886. The van der Waals surface area contributed by atoms with E-state index in [9.17, 15) is 13.2 Å². The summed E-state index contributed by atoms with van der Waals surface area (Å²) in [6.07, 6.45) is 1.07. The number of halogens is 1. The molecule has 2 heterocycles. The van der Waals surface area contributed by atoms with E-state index in [2.05, 4.69) is 31.4 Å². The summed E-state index contributed by atoms with van der Waals surface area (Å²) in [5, 5.41) is 13.5. The van der Waals surface area contributed by atoms with Crippen molar-refractivity contribution in [2.45, 2.75) is 23.8 Å². The van der Waals surface area contributed by atoms with Gasteiger partial charge in [-0.05, 0) is 36.4 Å². The molecular formula is C23H19BrN4O3S2. The number of carbonyl (C=O) groups excluding carboxylic acids is 1. The zero-order valence-electron chi connectivity index (χ0n) is 17.3. The van der Waals surface area contributed by atoms with E-state index in [4.69, 9.17) is 0 Å². The smallest absolute Gasteiger partial charge is 0.244 e. The standard InChI is InChI=1S/C23H19BrN4O3S2/c24-17-12-10-16(11-13-17)22-26-27-23(32-22)25-21(29)19-8-4-14-28(19)33(30,31)20-9-3-6-15-5-1-2-7-18(15)20/h1-3,5-7,9-13,19H,4,8,14H2,(H,25,27,29). The molecular weight excluding hydrogens is 524 g/mol. The Morgan fingerprint density at radius 3 is 2.61 bits per heavy atom. The summed E-state index contributed by atoms with van der Waals surface area (Å²) >= 11 is 4.65. The Morgan fingerprint density at radius 1 is 1.03 bits per heavy atom. The zero-order valence-corrected chi connectivity index (χ0v) is 20.5. The number of benzene rings is 3. The maximum Gasteiger partial charge on any atom is 0.244 e. The van der Waals surface area contributed by atoms with Crippen LogP contribution in [-0.4, -0.2) is 41.4 Å². The van der Waals surface area contributed by atoms with Gasteiger partial charge in [0, 0.05) is 22.0 Å². The maximum absolute atomic E-state index is 13.5. The largest absolute Gasteiger partial charge is 0.299 e. The van der Waals surface area contributed by atoms with Crippen LogP contribution >= 0.6 is 27.3 Å². The number of amides is 1. The van der Waals surface area contributed by atoms with Crippen LogP contribution < -0.4 is 5.32 Å². The van der Waals surface area contributed by atoms with Crippen molar-refractivity contribution >= 4 is 59.1 Å². The molecule has 1 amide bonds. The minimum absolute atomic E-state index is 0.216. The molecule has 5 rings (SSSR count). The fraction of sp³-hybridized carbons (Fsp3) is 0.174. The summed E-state index contributed by atoms with van der Waals surface area (Å²) in [7, 11) is -3.86. The molecule has 0 bridgehead atoms. The number of fused-ring (bicyclic) bond motifs is 1. The van der Waals surface area contributed by atoms with Gasteiger partial charge in [-0.1, -0.05) is 75.8 Å². The molecule has 1 atom stereocenters. The first-order valence-corrected chi connectivity index (χ1v) is 13.4. The van der Waals surface area contributed by atoms with Crippen molar-refractivity contribution in [2.24, 2.45) is 0 Å². The number of nitrogens with one attached hydrogen (secondary N) is 1. The van der Waals surface area contributed by atoms with Crippen LogP contribution in [0.4, 0.5) is 5.13 Å². The molecule has 1 aromatic heterocycles. The lowest BCUT2D eigenvalue weighted by Crippen LogP contribution is -2.43. The van der Waals surface area contributed by atoms with Crippen LogP contribution in [-0.2, 0) is 14.8 Å². The van der Waals surface area contributed by atoms with Crippen LogP contribution in [0.1, 0.15) is 12.8 Å². The predicted molar refractivity (Wildman–Crippen MR) is 133 cm³/mol. The summed E-state index contributed by atoms with van der Waals surface area (Å²) in [4.78, 5) is 13.3. The molecule has 1 N–H and O–H groups in total. The molecule has 10 heteroatoms. The van der Waals surface area contributed by atoms with Gasteiger partial charge in [0.25, 0.3) is 0 Å². The topological polar surface area (TPSA) is 92.3 Å². The van der Waals surface area contributed by atoms with Crippen molar-refractivity contribution in [1.82, 2.24) is 14.5 Å². The number of anilines is 1. The quantitative estimate of drug-likeness (QED) is 0.386. The van der Waals surface area contributed by atoms with Crippen LogP contribution in [0.3, 0.4) is 0 Å². The molecule has 33 heavy (non-hydrogen) atoms. The van der Waals surface area contributed by atoms with E-state index in [1.165, 1.54) is 15.6 Å². The lowest BCUT2D eigenvalue weighted by atomic mass is 10.1. The van der Waals surface area contributed by atoms with Crippen molar-refractivity contribution in [3.8, 4) is 10.6 Å². The summed E-state index contributed by atoms with van der Waals surface area (Å²) in [6.45, 7) is 0.296. The molecule has 1 aliphatic heterocycles. The van der Waals surface area contributed by atoms with E-state index in [0.717, 1.165) is 15.4 Å². The SMILES string of the molecule is O=C(Nc1nnc(-c2ccc(Br)cc2)s1)C1CCCN1S(=O)(=O)c1cccc2ccccc12. The number of sulfonamides is 1. The monoisotopic (exact) mass is 542 g/mol. The molecule has 0 spiro atoms. The molecule has 4 aromatic rings. The van der Waals surface area contributed by atoms with Crippen LogP contribution in [0.25, 0.3) is 21.3 Å². The van der Waals surface area contributed by atoms with Gasteiger partial charge in [0.05, 0.1) is 4.90 Å². The first kappa shape index (κ1) is 22.1. The fourth-order valence-electron chi connectivity index (χ4n) is 4.01. The summed E-state index contributed by atoms with van der Waals surface area (Å²) in [6, 6.07) is 19.4. The Labute approximate surface area is 203 Å². The van der Waals surface area contributed by atoms with E-state index in [1.54, 1.807) is 18.2 Å². The first-order valence-electron chi connectivity index (χ1n) is 10.3. The third kappa shape index (κ3) is 4.31. The molecule has 3 aromatic carbocycles. The van der Waals surface area contributed by atoms with Crippen LogP contribution in [0, 0.1) is 0 Å². The van der Waals surface area contributed by atoms with E-state index < -0.39 is 22.0 Å². The van der Waals surface area contributed by atoms with Gasteiger partial charge in [0.2, 0.25) is 21.1 Å². The molecule has 7 nitrogen and oxygen atoms in total. The van der Waals surface area contributed by atoms with Gasteiger partial charge < -0.3 is 0 Å². The van der Waals surface area contributed by atoms with E-state index >= 15 is 0 Å².